The lowest BCUT2D eigenvalue weighted by atomic mass is 9.99. The minimum atomic E-state index is -0.542. The largest absolute Gasteiger partial charge is 0.299 e. The van der Waals surface area contributed by atoms with Crippen molar-refractivity contribution in [3.8, 4) is 0 Å². The lowest BCUT2D eigenvalue weighted by molar-refractivity contribution is -0.117. The summed E-state index contributed by atoms with van der Waals surface area (Å²) in [6.07, 6.45) is 0.146. The first-order chi connectivity index (χ1) is 9.45. The van der Waals surface area contributed by atoms with Crippen molar-refractivity contribution in [3.05, 3.63) is 70.3 Å². The normalized spacial score (nSPS) is 10.6. The zero-order chi connectivity index (χ0) is 14.7. The maximum atomic E-state index is 13.5. The van der Waals surface area contributed by atoms with Gasteiger partial charge >= 0.3 is 0 Å². The molecule has 0 radical (unpaired) electrons. The minimum Gasteiger partial charge on any atom is -0.299 e. The molecule has 1 nitrogen and oxygen atoms in total. The molecule has 0 unspecified atom stereocenters. The van der Waals surface area contributed by atoms with Gasteiger partial charge in [-0.25, -0.2) is 8.78 Å². The maximum Gasteiger partial charge on any atom is 0.141 e. The number of carbonyl (C=O) groups is 1. The molecule has 0 heterocycles. The highest BCUT2D eigenvalue weighted by Crippen LogP contribution is 2.14. The standard InChI is InChI=1S/C17H16F2O/c1-11-3-4-13(7-12(11)2)8-16(20)10-14-9-15(18)5-6-17(14)19/h3-7,9H,8,10H2,1-2H3. The Morgan fingerprint density at radius 2 is 1.70 bits per heavy atom. The summed E-state index contributed by atoms with van der Waals surface area (Å²) in [4.78, 5) is 12.0. The Morgan fingerprint density at radius 1 is 0.950 bits per heavy atom. The third-order valence-electron chi connectivity index (χ3n) is 3.37. The summed E-state index contributed by atoms with van der Waals surface area (Å²) in [7, 11) is 0. The van der Waals surface area contributed by atoms with Crippen LogP contribution in [0.2, 0.25) is 0 Å². The van der Waals surface area contributed by atoms with Crippen molar-refractivity contribution in [2.24, 2.45) is 0 Å². The Kier molecular flexibility index (Phi) is 4.28. The van der Waals surface area contributed by atoms with Crippen molar-refractivity contribution in [3.63, 3.8) is 0 Å². The van der Waals surface area contributed by atoms with E-state index in [2.05, 4.69) is 0 Å². The lowest BCUT2D eigenvalue weighted by Crippen LogP contribution is -2.08. The second-order valence-electron chi connectivity index (χ2n) is 5.05. The van der Waals surface area contributed by atoms with Crippen LogP contribution in [0, 0.1) is 25.5 Å². The summed E-state index contributed by atoms with van der Waals surface area (Å²) in [5.41, 5.74) is 3.29. The number of hydrogen-bond donors (Lipinski definition) is 0. The van der Waals surface area contributed by atoms with Crippen molar-refractivity contribution in [1.29, 1.82) is 0 Å². The molecule has 104 valence electrons. The highest BCUT2D eigenvalue weighted by Gasteiger charge is 2.10. The molecular formula is C17H16F2O. The number of ketones is 1. The van der Waals surface area contributed by atoms with Crippen LogP contribution in [0.25, 0.3) is 0 Å². The van der Waals surface area contributed by atoms with Gasteiger partial charge in [0.25, 0.3) is 0 Å². The average molecular weight is 274 g/mol. The van der Waals surface area contributed by atoms with Gasteiger partial charge < -0.3 is 0 Å². The molecule has 2 rings (SSSR count). The number of hydrogen-bond acceptors (Lipinski definition) is 1. The number of benzene rings is 2. The van der Waals surface area contributed by atoms with Gasteiger partial charge in [0, 0.05) is 12.8 Å². The van der Waals surface area contributed by atoms with E-state index in [4.69, 9.17) is 0 Å². The van der Waals surface area contributed by atoms with E-state index in [1.807, 2.05) is 32.0 Å². The fourth-order valence-electron chi connectivity index (χ4n) is 2.09. The van der Waals surface area contributed by atoms with Crippen LogP contribution in [0.4, 0.5) is 8.78 Å². The topological polar surface area (TPSA) is 17.1 Å². The summed E-state index contributed by atoms with van der Waals surface area (Å²) < 4.78 is 26.5. The second kappa shape index (κ2) is 5.95. The average Bonchev–Trinajstić information content (AvgIpc) is 2.38. The van der Waals surface area contributed by atoms with Crippen LogP contribution < -0.4 is 0 Å². The summed E-state index contributed by atoms with van der Waals surface area (Å²) in [5.74, 6) is -1.20. The number of aryl methyl sites for hydroxylation is 2. The molecule has 0 fully saturated rings. The fraction of sp³-hybridized carbons (Fsp3) is 0.235. The Labute approximate surface area is 117 Å². The van der Waals surface area contributed by atoms with Gasteiger partial charge in [-0.3, -0.25) is 4.79 Å². The van der Waals surface area contributed by atoms with Crippen molar-refractivity contribution < 1.29 is 13.6 Å². The van der Waals surface area contributed by atoms with E-state index >= 15 is 0 Å². The van der Waals surface area contributed by atoms with E-state index in [0.717, 1.165) is 34.9 Å². The molecule has 0 spiro atoms. The molecule has 0 saturated carbocycles. The Balaban J connectivity index is 2.09. The smallest absolute Gasteiger partial charge is 0.141 e. The highest BCUT2D eigenvalue weighted by molar-refractivity contribution is 5.83. The molecule has 0 N–H and O–H groups in total. The fourth-order valence-corrected chi connectivity index (χ4v) is 2.09. The first-order valence-electron chi connectivity index (χ1n) is 6.47. The molecule has 2 aromatic carbocycles. The van der Waals surface area contributed by atoms with E-state index in [0.29, 0.717) is 0 Å². The molecule has 0 atom stereocenters. The molecule has 0 aliphatic heterocycles. The molecule has 0 saturated heterocycles. The van der Waals surface area contributed by atoms with Crippen molar-refractivity contribution in [2.45, 2.75) is 26.7 Å². The predicted molar refractivity (Wildman–Crippen MR) is 74.7 cm³/mol. The lowest BCUT2D eigenvalue weighted by Gasteiger charge is -2.06. The van der Waals surface area contributed by atoms with Crippen LogP contribution in [0.5, 0.6) is 0 Å². The number of Topliss-reactive ketones (excluding diaryl/α,β-unsaturated/α-hetero) is 1. The number of rotatable bonds is 4. The molecule has 0 aliphatic carbocycles. The molecule has 3 heteroatoms. The molecule has 0 amide bonds. The van der Waals surface area contributed by atoms with Gasteiger partial charge in [-0.1, -0.05) is 18.2 Å². The van der Waals surface area contributed by atoms with Gasteiger partial charge in [0.2, 0.25) is 0 Å². The highest BCUT2D eigenvalue weighted by atomic mass is 19.1. The van der Waals surface area contributed by atoms with Gasteiger partial charge in [-0.2, -0.15) is 0 Å². The Morgan fingerprint density at radius 3 is 2.40 bits per heavy atom. The minimum absolute atomic E-state index is 0.0868. The van der Waals surface area contributed by atoms with Crippen LogP contribution in [0.3, 0.4) is 0 Å². The monoisotopic (exact) mass is 274 g/mol. The molecule has 0 aliphatic rings. The van der Waals surface area contributed by atoms with Crippen LogP contribution in [0.1, 0.15) is 22.3 Å². The van der Waals surface area contributed by atoms with Crippen LogP contribution in [-0.2, 0) is 17.6 Å². The SMILES string of the molecule is Cc1ccc(CC(=O)Cc2cc(F)ccc2F)cc1C. The zero-order valence-electron chi connectivity index (χ0n) is 11.5. The molecular weight excluding hydrogens is 258 g/mol. The second-order valence-corrected chi connectivity index (χ2v) is 5.05. The summed E-state index contributed by atoms with van der Waals surface area (Å²) in [5, 5.41) is 0. The molecule has 20 heavy (non-hydrogen) atoms. The summed E-state index contributed by atoms with van der Waals surface area (Å²) in [6.45, 7) is 3.98. The van der Waals surface area contributed by atoms with Gasteiger partial charge in [-0.15, -0.1) is 0 Å². The van der Waals surface area contributed by atoms with E-state index in [-0.39, 0.29) is 24.2 Å². The van der Waals surface area contributed by atoms with Crippen LogP contribution >= 0.6 is 0 Å². The molecule has 2 aromatic rings. The maximum absolute atomic E-state index is 13.5. The number of carbonyl (C=O) groups excluding carboxylic acids is 1. The quantitative estimate of drug-likeness (QED) is 0.825. The zero-order valence-corrected chi connectivity index (χ0v) is 11.5. The van der Waals surface area contributed by atoms with Gasteiger partial charge in [0.15, 0.2) is 0 Å². The number of halogens is 2. The van der Waals surface area contributed by atoms with E-state index < -0.39 is 11.6 Å². The van der Waals surface area contributed by atoms with Gasteiger partial charge in [0.1, 0.15) is 17.4 Å². The predicted octanol–water partition coefficient (Wildman–Crippen LogP) is 3.94. The van der Waals surface area contributed by atoms with Crippen molar-refractivity contribution in [1.82, 2.24) is 0 Å². The van der Waals surface area contributed by atoms with Crippen molar-refractivity contribution >= 4 is 5.78 Å². The van der Waals surface area contributed by atoms with Gasteiger partial charge in [0.05, 0.1) is 0 Å². The van der Waals surface area contributed by atoms with Crippen LogP contribution in [0.15, 0.2) is 36.4 Å². The van der Waals surface area contributed by atoms with E-state index in [1.165, 1.54) is 0 Å². The first kappa shape index (κ1) is 14.4. The first-order valence-corrected chi connectivity index (χ1v) is 6.47. The summed E-state index contributed by atoms with van der Waals surface area (Å²) in [6, 6.07) is 8.98. The Hall–Kier alpha value is -2.03. The summed E-state index contributed by atoms with van der Waals surface area (Å²) >= 11 is 0. The van der Waals surface area contributed by atoms with Crippen LogP contribution in [-0.4, -0.2) is 5.78 Å². The van der Waals surface area contributed by atoms with E-state index in [1.54, 1.807) is 0 Å². The molecule has 0 bridgehead atoms. The van der Waals surface area contributed by atoms with E-state index in [9.17, 15) is 13.6 Å². The van der Waals surface area contributed by atoms with Crippen molar-refractivity contribution in [2.75, 3.05) is 0 Å². The third-order valence-corrected chi connectivity index (χ3v) is 3.37. The van der Waals surface area contributed by atoms with Gasteiger partial charge in [-0.05, 0) is 54.3 Å². The third kappa shape index (κ3) is 3.50. The Bertz CT molecular complexity index is 647. The molecule has 0 aromatic heterocycles.